The van der Waals surface area contributed by atoms with E-state index < -0.39 is 10.0 Å². The van der Waals surface area contributed by atoms with Gasteiger partial charge in [-0.1, -0.05) is 6.92 Å². The SMILES string of the molecule is CCCN1CCC(NS(=O)(=O)c2ccc3c(c2)CCC(=O)N3)CC1.Cl. The van der Waals surface area contributed by atoms with Crippen molar-refractivity contribution in [2.45, 2.75) is 50.0 Å². The summed E-state index contributed by atoms with van der Waals surface area (Å²) >= 11 is 0. The van der Waals surface area contributed by atoms with E-state index in [0.717, 1.165) is 50.1 Å². The Morgan fingerprint density at radius 1 is 1.24 bits per heavy atom. The summed E-state index contributed by atoms with van der Waals surface area (Å²) in [4.78, 5) is 14.1. The number of piperidine rings is 1. The number of nitrogens with zero attached hydrogens (tertiary/aromatic N) is 1. The fourth-order valence-electron chi connectivity index (χ4n) is 3.41. The smallest absolute Gasteiger partial charge is 0.240 e. The van der Waals surface area contributed by atoms with Gasteiger partial charge in [-0.25, -0.2) is 13.1 Å². The van der Waals surface area contributed by atoms with Crippen molar-refractivity contribution < 1.29 is 13.2 Å². The third-order valence-electron chi connectivity index (χ3n) is 4.73. The number of carbonyl (C=O) groups is 1. The van der Waals surface area contributed by atoms with E-state index in [1.165, 1.54) is 0 Å². The summed E-state index contributed by atoms with van der Waals surface area (Å²) in [7, 11) is -3.52. The normalized spacial score (nSPS) is 19.0. The molecule has 1 aromatic rings. The molecule has 0 spiro atoms. The molecular formula is C17H26ClN3O3S. The van der Waals surface area contributed by atoms with Crippen LogP contribution in [0.25, 0.3) is 0 Å². The number of amides is 1. The molecule has 2 heterocycles. The number of aryl methyl sites for hydroxylation is 1. The summed E-state index contributed by atoms with van der Waals surface area (Å²) in [6.45, 7) is 5.12. The summed E-state index contributed by atoms with van der Waals surface area (Å²) in [6, 6.07) is 4.94. The van der Waals surface area contributed by atoms with Crippen molar-refractivity contribution in [2.75, 3.05) is 25.0 Å². The van der Waals surface area contributed by atoms with Crippen LogP contribution in [0, 0.1) is 0 Å². The second kappa shape index (κ2) is 8.49. The summed E-state index contributed by atoms with van der Waals surface area (Å²) in [6.07, 6.45) is 3.81. The highest BCUT2D eigenvalue weighted by molar-refractivity contribution is 7.89. The van der Waals surface area contributed by atoms with E-state index in [1.54, 1.807) is 18.2 Å². The predicted octanol–water partition coefficient (Wildman–Crippen LogP) is 2.15. The molecule has 0 saturated carbocycles. The molecule has 2 aliphatic rings. The minimum Gasteiger partial charge on any atom is -0.326 e. The van der Waals surface area contributed by atoms with Crippen LogP contribution in [0.2, 0.25) is 0 Å². The molecule has 2 aliphatic heterocycles. The Morgan fingerprint density at radius 3 is 2.64 bits per heavy atom. The van der Waals surface area contributed by atoms with Gasteiger partial charge in [0.05, 0.1) is 4.90 Å². The zero-order chi connectivity index (χ0) is 17.2. The molecule has 6 nitrogen and oxygen atoms in total. The summed E-state index contributed by atoms with van der Waals surface area (Å²) in [5.41, 5.74) is 1.60. The Kier molecular flexibility index (Phi) is 6.85. The number of carbonyl (C=O) groups excluding carboxylic acids is 1. The molecule has 1 fully saturated rings. The van der Waals surface area contributed by atoms with Gasteiger partial charge >= 0.3 is 0 Å². The number of benzene rings is 1. The Balaban J connectivity index is 0.00000225. The van der Waals surface area contributed by atoms with Crippen molar-refractivity contribution in [3.8, 4) is 0 Å². The summed E-state index contributed by atoms with van der Waals surface area (Å²) in [5.74, 6) is -0.0185. The predicted molar refractivity (Wildman–Crippen MR) is 101 cm³/mol. The van der Waals surface area contributed by atoms with Crippen molar-refractivity contribution in [2.24, 2.45) is 0 Å². The van der Waals surface area contributed by atoms with Gasteiger partial charge in [0, 0.05) is 18.2 Å². The highest BCUT2D eigenvalue weighted by Crippen LogP contribution is 2.26. The van der Waals surface area contributed by atoms with Crippen molar-refractivity contribution in [1.29, 1.82) is 0 Å². The first-order valence-corrected chi connectivity index (χ1v) is 10.1. The van der Waals surface area contributed by atoms with Gasteiger partial charge in [0.2, 0.25) is 15.9 Å². The standard InChI is InChI=1S/C17H25N3O3S.ClH/c1-2-9-20-10-7-14(8-11-20)19-24(22,23)15-4-5-16-13(12-15)3-6-17(21)18-16;/h4-5,12,14,19H,2-3,6-11H2,1H3,(H,18,21);1H. The number of hydrogen-bond acceptors (Lipinski definition) is 4. The lowest BCUT2D eigenvalue weighted by Gasteiger charge is -2.32. The van der Waals surface area contributed by atoms with Crippen LogP contribution in [-0.2, 0) is 21.2 Å². The average Bonchev–Trinajstić information content (AvgIpc) is 2.56. The Labute approximate surface area is 155 Å². The molecule has 0 atom stereocenters. The first-order valence-electron chi connectivity index (χ1n) is 8.65. The zero-order valence-corrected chi connectivity index (χ0v) is 16.1. The van der Waals surface area contributed by atoms with Crippen LogP contribution in [-0.4, -0.2) is 44.9 Å². The number of rotatable bonds is 5. The number of anilines is 1. The van der Waals surface area contributed by atoms with E-state index >= 15 is 0 Å². The number of hydrogen-bond donors (Lipinski definition) is 2. The molecule has 3 rings (SSSR count). The Hall–Kier alpha value is -1.15. The molecule has 0 aromatic heterocycles. The number of fused-ring (bicyclic) bond motifs is 1. The largest absolute Gasteiger partial charge is 0.326 e. The minimum absolute atomic E-state index is 0. The van der Waals surface area contributed by atoms with Gasteiger partial charge < -0.3 is 10.2 Å². The van der Waals surface area contributed by atoms with Gasteiger partial charge in [-0.05, 0) is 69.1 Å². The molecular weight excluding hydrogens is 362 g/mol. The van der Waals surface area contributed by atoms with Crippen LogP contribution in [0.4, 0.5) is 5.69 Å². The third-order valence-corrected chi connectivity index (χ3v) is 6.25. The molecule has 1 saturated heterocycles. The van der Waals surface area contributed by atoms with Gasteiger partial charge in [0.15, 0.2) is 0 Å². The molecule has 25 heavy (non-hydrogen) atoms. The molecule has 8 heteroatoms. The monoisotopic (exact) mass is 387 g/mol. The number of likely N-dealkylation sites (tertiary alicyclic amines) is 1. The molecule has 1 amide bonds. The number of nitrogens with one attached hydrogen (secondary N) is 2. The van der Waals surface area contributed by atoms with E-state index in [1.807, 2.05) is 0 Å². The molecule has 0 aliphatic carbocycles. The topological polar surface area (TPSA) is 78.5 Å². The first kappa shape index (κ1) is 20.2. The van der Waals surface area contributed by atoms with Gasteiger partial charge in [-0.2, -0.15) is 0 Å². The van der Waals surface area contributed by atoms with Crippen LogP contribution in [0.3, 0.4) is 0 Å². The highest BCUT2D eigenvalue weighted by Gasteiger charge is 2.25. The Morgan fingerprint density at radius 2 is 1.96 bits per heavy atom. The second-order valence-corrected chi connectivity index (χ2v) is 8.32. The van der Waals surface area contributed by atoms with Crippen LogP contribution in [0.5, 0.6) is 0 Å². The zero-order valence-electron chi connectivity index (χ0n) is 14.5. The molecule has 1 aromatic carbocycles. The maximum Gasteiger partial charge on any atom is 0.240 e. The first-order chi connectivity index (χ1) is 11.5. The quantitative estimate of drug-likeness (QED) is 0.811. The minimum atomic E-state index is -3.52. The average molecular weight is 388 g/mol. The van der Waals surface area contributed by atoms with Crippen LogP contribution in [0.15, 0.2) is 23.1 Å². The second-order valence-electron chi connectivity index (χ2n) is 6.60. The van der Waals surface area contributed by atoms with Crippen molar-refractivity contribution in [3.63, 3.8) is 0 Å². The van der Waals surface area contributed by atoms with E-state index in [4.69, 9.17) is 0 Å². The summed E-state index contributed by atoms with van der Waals surface area (Å²) < 4.78 is 28.1. The lowest BCUT2D eigenvalue weighted by Crippen LogP contribution is -2.44. The lowest BCUT2D eigenvalue weighted by atomic mass is 10.0. The molecule has 0 bridgehead atoms. The third kappa shape index (κ3) is 4.94. The molecule has 0 unspecified atom stereocenters. The van der Waals surface area contributed by atoms with Gasteiger partial charge in [0.25, 0.3) is 0 Å². The van der Waals surface area contributed by atoms with Gasteiger partial charge in [-0.3, -0.25) is 4.79 Å². The molecule has 0 radical (unpaired) electrons. The van der Waals surface area contributed by atoms with Crippen LogP contribution >= 0.6 is 12.4 Å². The van der Waals surface area contributed by atoms with E-state index in [9.17, 15) is 13.2 Å². The van der Waals surface area contributed by atoms with Gasteiger partial charge in [0.1, 0.15) is 0 Å². The summed E-state index contributed by atoms with van der Waals surface area (Å²) in [5, 5.41) is 2.78. The Bertz CT molecular complexity index is 716. The van der Waals surface area contributed by atoms with Crippen molar-refractivity contribution in [1.82, 2.24) is 9.62 Å². The van der Waals surface area contributed by atoms with E-state index in [-0.39, 0.29) is 29.3 Å². The maximum absolute atomic E-state index is 12.6. The molecule has 140 valence electrons. The maximum atomic E-state index is 12.6. The fourth-order valence-corrected chi connectivity index (χ4v) is 4.76. The highest BCUT2D eigenvalue weighted by atomic mass is 35.5. The van der Waals surface area contributed by atoms with Crippen molar-refractivity contribution >= 4 is 34.0 Å². The molecule has 2 N–H and O–H groups in total. The van der Waals surface area contributed by atoms with Gasteiger partial charge in [-0.15, -0.1) is 12.4 Å². The van der Waals surface area contributed by atoms with Crippen LogP contribution in [0.1, 0.15) is 38.2 Å². The number of halogens is 1. The van der Waals surface area contributed by atoms with E-state index in [2.05, 4.69) is 21.9 Å². The van der Waals surface area contributed by atoms with E-state index in [0.29, 0.717) is 12.8 Å². The number of sulfonamides is 1. The van der Waals surface area contributed by atoms with Crippen molar-refractivity contribution in [3.05, 3.63) is 23.8 Å². The fraction of sp³-hybridized carbons (Fsp3) is 0.588. The lowest BCUT2D eigenvalue weighted by molar-refractivity contribution is -0.116. The van der Waals surface area contributed by atoms with Crippen LogP contribution < -0.4 is 10.0 Å².